The van der Waals surface area contributed by atoms with E-state index in [1.807, 2.05) is 23.0 Å². The fourth-order valence-electron chi connectivity index (χ4n) is 2.28. The van der Waals surface area contributed by atoms with E-state index in [1.54, 1.807) is 24.5 Å². The van der Waals surface area contributed by atoms with Crippen molar-refractivity contribution < 1.29 is 4.39 Å². The van der Waals surface area contributed by atoms with Gasteiger partial charge in [0, 0.05) is 29.7 Å². The van der Waals surface area contributed by atoms with Crippen LogP contribution < -0.4 is 0 Å². The van der Waals surface area contributed by atoms with Crippen LogP contribution in [-0.4, -0.2) is 14.8 Å². The number of benzene rings is 1. The van der Waals surface area contributed by atoms with E-state index in [0.29, 0.717) is 0 Å². The van der Waals surface area contributed by atoms with E-state index >= 15 is 0 Å². The van der Waals surface area contributed by atoms with E-state index in [9.17, 15) is 4.39 Å². The Morgan fingerprint density at radius 1 is 0.909 bits per heavy atom. The summed E-state index contributed by atoms with van der Waals surface area (Å²) in [5.74, 6) is -0.246. The summed E-state index contributed by atoms with van der Waals surface area (Å²) in [6.45, 7) is 6.31. The summed E-state index contributed by atoms with van der Waals surface area (Å²) in [5.41, 5.74) is 3.69. The Bertz CT molecular complexity index is 768. The van der Waals surface area contributed by atoms with Crippen LogP contribution in [0.3, 0.4) is 0 Å². The molecule has 0 amide bonds. The molecule has 1 aromatic carbocycles. The van der Waals surface area contributed by atoms with Gasteiger partial charge in [-0.3, -0.25) is 9.67 Å². The van der Waals surface area contributed by atoms with Crippen molar-refractivity contribution in [1.29, 1.82) is 0 Å². The third-order valence-electron chi connectivity index (χ3n) is 3.51. The van der Waals surface area contributed by atoms with Gasteiger partial charge in [0.1, 0.15) is 11.5 Å². The first-order valence-corrected chi connectivity index (χ1v) is 7.21. The van der Waals surface area contributed by atoms with E-state index < -0.39 is 0 Å². The Labute approximate surface area is 129 Å². The quantitative estimate of drug-likeness (QED) is 0.696. The van der Waals surface area contributed by atoms with Crippen LogP contribution in [-0.2, 0) is 5.54 Å². The highest BCUT2D eigenvalue weighted by atomic mass is 19.1. The van der Waals surface area contributed by atoms with Gasteiger partial charge in [0.05, 0.1) is 5.54 Å². The zero-order valence-electron chi connectivity index (χ0n) is 12.9. The number of aromatic nitrogens is 3. The van der Waals surface area contributed by atoms with Crippen LogP contribution in [0.5, 0.6) is 0 Å². The number of hydrogen-bond acceptors (Lipinski definition) is 2. The van der Waals surface area contributed by atoms with E-state index in [2.05, 4.69) is 25.8 Å². The van der Waals surface area contributed by atoms with Crippen LogP contribution in [0, 0.1) is 5.82 Å². The minimum absolute atomic E-state index is 0.125. The van der Waals surface area contributed by atoms with E-state index in [4.69, 9.17) is 5.10 Å². The average Bonchev–Trinajstić information content (AvgIpc) is 2.94. The van der Waals surface area contributed by atoms with Gasteiger partial charge in [0.25, 0.3) is 0 Å². The minimum Gasteiger partial charge on any atom is -0.266 e. The molecule has 0 N–H and O–H groups in total. The Morgan fingerprint density at radius 3 is 2.14 bits per heavy atom. The smallest absolute Gasteiger partial charge is 0.123 e. The molecule has 2 heterocycles. The lowest BCUT2D eigenvalue weighted by Gasteiger charge is -2.18. The molecule has 0 unspecified atom stereocenters. The van der Waals surface area contributed by atoms with Crippen molar-refractivity contribution in [2.45, 2.75) is 26.3 Å². The number of nitrogens with zero attached hydrogens (tertiary/aromatic N) is 3. The highest BCUT2D eigenvalue weighted by Crippen LogP contribution is 2.32. The summed E-state index contributed by atoms with van der Waals surface area (Å²) < 4.78 is 15.1. The van der Waals surface area contributed by atoms with Gasteiger partial charge in [-0.15, -0.1) is 0 Å². The maximum atomic E-state index is 13.2. The molecule has 3 rings (SSSR count). The van der Waals surface area contributed by atoms with Crippen molar-refractivity contribution in [1.82, 2.24) is 14.8 Å². The molecule has 2 aromatic heterocycles. The van der Waals surface area contributed by atoms with Crippen molar-refractivity contribution in [3.63, 3.8) is 0 Å². The Kier molecular flexibility index (Phi) is 3.53. The second-order valence-electron chi connectivity index (χ2n) is 6.25. The molecule has 0 bridgehead atoms. The van der Waals surface area contributed by atoms with Crippen LogP contribution in [0.25, 0.3) is 22.4 Å². The second-order valence-corrected chi connectivity index (χ2v) is 6.25. The standard InChI is InChI=1S/C18H18FN3/c1-18(2,3)22-12-16(13-8-10-20-11-9-13)17(21-22)14-4-6-15(19)7-5-14/h4-12H,1-3H3. The largest absolute Gasteiger partial charge is 0.266 e. The fourth-order valence-corrected chi connectivity index (χ4v) is 2.28. The van der Waals surface area contributed by atoms with Crippen molar-refractivity contribution in [3.8, 4) is 22.4 Å². The molecule has 0 saturated heterocycles. The Balaban J connectivity index is 2.19. The SMILES string of the molecule is CC(C)(C)n1cc(-c2ccncc2)c(-c2ccc(F)cc2)n1. The Morgan fingerprint density at radius 2 is 1.55 bits per heavy atom. The summed E-state index contributed by atoms with van der Waals surface area (Å²) in [6.07, 6.45) is 5.56. The fraction of sp³-hybridized carbons (Fsp3) is 0.222. The average molecular weight is 295 g/mol. The van der Waals surface area contributed by atoms with Crippen LogP contribution in [0.1, 0.15) is 20.8 Å². The van der Waals surface area contributed by atoms with E-state index in [1.165, 1.54) is 12.1 Å². The first-order valence-electron chi connectivity index (χ1n) is 7.21. The highest BCUT2D eigenvalue weighted by molar-refractivity contribution is 5.80. The van der Waals surface area contributed by atoms with Crippen LogP contribution >= 0.6 is 0 Å². The molecular weight excluding hydrogens is 277 g/mol. The molecule has 0 aliphatic carbocycles. The van der Waals surface area contributed by atoms with E-state index in [-0.39, 0.29) is 11.4 Å². The van der Waals surface area contributed by atoms with Crippen molar-refractivity contribution in [3.05, 3.63) is 60.8 Å². The third-order valence-corrected chi connectivity index (χ3v) is 3.51. The third kappa shape index (κ3) is 2.77. The minimum atomic E-state index is -0.246. The van der Waals surface area contributed by atoms with Crippen LogP contribution in [0.4, 0.5) is 4.39 Å². The summed E-state index contributed by atoms with van der Waals surface area (Å²) >= 11 is 0. The normalized spacial score (nSPS) is 11.6. The van der Waals surface area contributed by atoms with Gasteiger partial charge in [-0.25, -0.2) is 4.39 Å². The second kappa shape index (κ2) is 5.37. The summed E-state index contributed by atoms with van der Waals surface area (Å²) in [7, 11) is 0. The molecule has 0 aliphatic rings. The summed E-state index contributed by atoms with van der Waals surface area (Å²) in [5, 5.41) is 4.73. The monoisotopic (exact) mass is 295 g/mol. The van der Waals surface area contributed by atoms with Crippen molar-refractivity contribution >= 4 is 0 Å². The van der Waals surface area contributed by atoms with E-state index in [0.717, 1.165) is 22.4 Å². The molecule has 22 heavy (non-hydrogen) atoms. The molecule has 3 nitrogen and oxygen atoms in total. The zero-order chi connectivity index (χ0) is 15.7. The van der Waals surface area contributed by atoms with Crippen molar-refractivity contribution in [2.24, 2.45) is 0 Å². The van der Waals surface area contributed by atoms with Crippen LogP contribution in [0.2, 0.25) is 0 Å². The lowest BCUT2D eigenvalue weighted by atomic mass is 10.0. The lowest BCUT2D eigenvalue weighted by molar-refractivity contribution is 0.356. The molecule has 4 heteroatoms. The number of hydrogen-bond donors (Lipinski definition) is 0. The van der Waals surface area contributed by atoms with Gasteiger partial charge < -0.3 is 0 Å². The summed E-state index contributed by atoms with van der Waals surface area (Å²) in [4.78, 5) is 4.06. The molecular formula is C18H18FN3. The topological polar surface area (TPSA) is 30.7 Å². The molecule has 0 saturated carbocycles. The highest BCUT2D eigenvalue weighted by Gasteiger charge is 2.19. The van der Waals surface area contributed by atoms with Crippen LogP contribution in [0.15, 0.2) is 55.0 Å². The van der Waals surface area contributed by atoms with Gasteiger partial charge >= 0.3 is 0 Å². The Hall–Kier alpha value is -2.49. The first kappa shape index (κ1) is 14.4. The predicted octanol–water partition coefficient (Wildman–Crippen LogP) is 4.51. The van der Waals surface area contributed by atoms with Gasteiger partial charge in [0.2, 0.25) is 0 Å². The maximum Gasteiger partial charge on any atom is 0.123 e. The summed E-state index contributed by atoms with van der Waals surface area (Å²) in [6, 6.07) is 10.3. The van der Waals surface area contributed by atoms with Gasteiger partial charge in [-0.05, 0) is 62.7 Å². The van der Waals surface area contributed by atoms with Gasteiger partial charge in [-0.1, -0.05) is 0 Å². The predicted molar refractivity (Wildman–Crippen MR) is 85.8 cm³/mol. The number of pyridine rings is 1. The molecule has 112 valence electrons. The number of halogens is 1. The molecule has 0 spiro atoms. The molecule has 3 aromatic rings. The lowest BCUT2D eigenvalue weighted by Crippen LogP contribution is -2.22. The molecule has 0 aliphatic heterocycles. The maximum absolute atomic E-state index is 13.2. The van der Waals surface area contributed by atoms with Crippen molar-refractivity contribution in [2.75, 3.05) is 0 Å². The molecule has 0 fully saturated rings. The molecule has 0 atom stereocenters. The first-order chi connectivity index (χ1) is 10.4. The van der Waals surface area contributed by atoms with Gasteiger partial charge in [-0.2, -0.15) is 5.10 Å². The number of rotatable bonds is 2. The zero-order valence-corrected chi connectivity index (χ0v) is 12.9. The van der Waals surface area contributed by atoms with Gasteiger partial charge in [0.15, 0.2) is 0 Å². The molecule has 0 radical (unpaired) electrons.